The molecule has 0 fully saturated rings. The van der Waals surface area contributed by atoms with E-state index >= 15 is 0 Å². The molecule has 8 heteroatoms. The molecule has 0 saturated heterocycles. The third-order valence-corrected chi connectivity index (χ3v) is 5.35. The van der Waals surface area contributed by atoms with Gasteiger partial charge in [0.05, 0.1) is 0 Å². The van der Waals surface area contributed by atoms with Gasteiger partial charge in [-0.3, -0.25) is 4.79 Å². The first-order valence-electron chi connectivity index (χ1n) is 4.23. The van der Waals surface area contributed by atoms with Gasteiger partial charge in [-0.25, -0.2) is 8.42 Å². The quantitative estimate of drug-likeness (QED) is 0.882. The number of likely N-dealkylation sites (N-methyl/N-ethyl adjacent to an activating group) is 1. The molecular weight excluding hydrogens is 257 g/mol. The first kappa shape index (κ1) is 13.1. The Balaban J connectivity index is 3.08. The Bertz CT molecular complexity index is 496. The number of rotatable bonds is 4. The lowest BCUT2D eigenvalue weighted by atomic mass is 10.4. The van der Waals surface area contributed by atoms with Crippen LogP contribution in [0.15, 0.2) is 16.3 Å². The van der Waals surface area contributed by atoms with Gasteiger partial charge in [0, 0.05) is 7.05 Å². The van der Waals surface area contributed by atoms with Crippen molar-refractivity contribution in [3.05, 3.63) is 17.3 Å². The highest BCUT2D eigenvalue weighted by Gasteiger charge is 2.30. The van der Waals surface area contributed by atoms with Crippen LogP contribution in [0, 0.1) is 5.13 Å². The number of sulfonamides is 1. The zero-order valence-corrected chi connectivity index (χ0v) is 10.2. The van der Waals surface area contributed by atoms with Gasteiger partial charge in [-0.15, -0.1) is 0 Å². The van der Waals surface area contributed by atoms with Crippen LogP contribution in [-0.4, -0.2) is 36.9 Å². The molecule has 0 aromatic carbocycles. The van der Waals surface area contributed by atoms with Gasteiger partial charge in [-0.2, -0.15) is 8.70 Å². The molecule has 0 bridgehead atoms. The summed E-state index contributed by atoms with van der Waals surface area (Å²) in [7, 11) is -2.79. The molecule has 0 amide bonds. The van der Waals surface area contributed by atoms with Gasteiger partial charge < -0.3 is 5.11 Å². The van der Waals surface area contributed by atoms with Crippen molar-refractivity contribution in [3.63, 3.8) is 0 Å². The lowest BCUT2D eigenvalue weighted by Crippen LogP contribution is -2.39. The molecule has 1 heterocycles. The van der Waals surface area contributed by atoms with E-state index in [2.05, 4.69) is 0 Å². The van der Waals surface area contributed by atoms with Gasteiger partial charge >= 0.3 is 5.97 Å². The maximum Gasteiger partial charge on any atom is 0.321 e. The van der Waals surface area contributed by atoms with Crippen molar-refractivity contribution in [1.29, 1.82) is 0 Å². The van der Waals surface area contributed by atoms with E-state index < -0.39 is 27.2 Å². The first-order valence-corrected chi connectivity index (χ1v) is 6.48. The lowest BCUT2D eigenvalue weighted by molar-refractivity contribution is -0.140. The SMILES string of the molecule is C[C@H](C(=O)O)N(C)S(=O)(=O)c1ccc(F)s1. The predicted molar refractivity (Wildman–Crippen MR) is 56.3 cm³/mol. The van der Waals surface area contributed by atoms with E-state index in [0.29, 0.717) is 15.6 Å². The fraction of sp³-hybridized carbons (Fsp3) is 0.375. The molecule has 0 saturated carbocycles. The third kappa shape index (κ3) is 2.39. The summed E-state index contributed by atoms with van der Waals surface area (Å²) in [5.74, 6) is -1.26. The summed E-state index contributed by atoms with van der Waals surface area (Å²) in [6.07, 6.45) is 0. The average Bonchev–Trinajstić information content (AvgIpc) is 2.62. The van der Waals surface area contributed by atoms with Crippen LogP contribution in [0.3, 0.4) is 0 Å². The second kappa shape index (κ2) is 4.48. The Morgan fingerprint density at radius 2 is 2.12 bits per heavy atom. The number of carbonyl (C=O) groups is 1. The van der Waals surface area contributed by atoms with Crippen LogP contribution in [0.4, 0.5) is 4.39 Å². The number of hydrogen-bond acceptors (Lipinski definition) is 4. The number of thiophene rings is 1. The zero-order valence-electron chi connectivity index (χ0n) is 8.55. The van der Waals surface area contributed by atoms with Crippen molar-refractivity contribution in [2.24, 2.45) is 0 Å². The topological polar surface area (TPSA) is 74.7 Å². The maximum absolute atomic E-state index is 12.7. The molecule has 0 radical (unpaired) electrons. The van der Waals surface area contributed by atoms with E-state index in [0.717, 1.165) is 19.2 Å². The number of halogens is 1. The molecule has 1 aromatic heterocycles. The van der Waals surface area contributed by atoms with Gasteiger partial charge in [0.1, 0.15) is 10.3 Å². The highest BCUT2D eigenvalue weighted by Crippen LogP contribution is 2.24. The highest BCUT2D eigenvalue weighted by atomic mass is 32.2. The fourth-order valence-electron chi connectivity index (χ4n) is 0.942. The Kier molecular flexibility index (Phi) is 3.66. The summed E-state index contributed by atoms with van der Waals surface area (Å²) in [5.41, 5.74) is 0. The monoisotopic (exact) mass is 267 g/mol. The third-order valence-electron chi connectivity index (χ3n) is 2.08. The molecule has 0 aliphatic heterocycles. The smallest absolute Gasteiger partial charge is 0.321 e. The van der Waals surface area contributed by atoms with E-state index in [1.165, 1.54) is 6.92 Å². The lowest BCUT2D eigenvalue weighted by Gasteiger charge is -2.19. The van der Waals surface area contributed by atoms with E-state index in [1.54, 1.807) is 0 Å². The standard InChI is InChI=1S/C8H10FNO4S2/c1-5(8(11)12)10(2)16(13,14)7-4-3-6(9)15-7/h3-5H,1-2H3,(H,11,12)/t5-/m1/s1. The summed E-state index contributed by atoms with van der Waals surface area (Å²) in [5, 5.41) is 8.06. The molecule has 1 aromatic rings. The summed E-state index contributed by atoms with van der Waals surface area (Å²) < 4.78 is 36.8. The molecule has 1 rings (SSSR count). The minimum atomic E-state index is -3.93. The molecule has 0 aliphatic carbocycles. The Labute approximate surface area is 96.2 Å². The largest absolute Gasteiger partial charge is 0.480 e. The predicted octanol–water partition coefficient (Wildman–Crippen LogP) is 0.981. The van der Waals surface area contributed by atoms with Gasteiger partial charge in [0.25, 0.3) is 10.0 Å². The van der Waals surface area contributed by atoms with Crippen LogP contribution in [0.2, 0.25) is 0 Å². The van der Waals surface area contributed by atoms with Crippen molar-refractivity contribution in [2.45, 2.75) is 17.2 Å². The van der Waals surface area contributed by atoms with Gasteiger partial charge in [0.15, 0.2) is 5.13 Å². The summed E-state index contributed by atoms with van der Waals surface area (Å²) in [6.45, 7) is 1.24. The molecule has 90 valence electrons. The Hall–Kier alpha value is -0.990. The number of aliphatic carboxylic acids is 1. The fourth-order valence-corrected chi connectivity index (χ4v) is 3.45. The van der Waals surface area contributed by atoms with Crippen LogP contribution >= 0.6 is 11.3 Å². The minimum absolute atomic E-state index is 0.208. The second-order valence-corrected chi connectivity index (χ2v) is 6.35. The highest BCUT2D eigenvalue weighted by molar-refractivity contribution is 7.91. The van der Waals surface area contributed by atoms with Crippen LogP contribution < -0.4 is 0 Å². The van der Waals surface area contributed by atoms with Crippen LogP contribution in [0.1, 0.15) is 6.92 Å². The zero-order chi connectivity index (χ0) is 12.5. The number of carboxylic acid groups (broad SMARTS) is 1. The van der Waals surface area contributed by atoms with Crippen molar-refractivity contribution < 1.29 is 22.7 Å². The van der Waals surface area contributed by atoms with E-state index in [1.807, 2.05) is 0 Å². The molecular formula is C8H10FNO4S2. The van der Waals surface area contributed by atoms with Gasteiger partial charge in [0.2, 0.25) is 0 Å². The summed E-state index contributed by atoms with van der Waals surface area (Å²) >= 11 is 0.463. The van der Waals surface area contributed by atoms with E-state index in [4.69, 9.17) is 5.11 Å². The molecule has 16 heavy (non-hydrogen) atoms. The van der Waals surface area contributed by atoms with E-state index in [-0.39, 0.29) is 4.21 Å². The van der Waals surface area contributed by atoms with Crippen molar-refractivity contribution in [1.82, 2.24) is 4.31 Å². The second-order valence-electron chi connectivity index (χ2n) is 3.09. The molecule has 1 N–H and O–H groups in total. The van der Waals surface area contributed by atoms with Gasteiger partial charge in [-0.05, 0) is 19.1 Å². The van der Waals surface area contributed by atoms with Crippen LogP contribution in [-0.2, 0) is 14.8 Å². The number of hydrogen-bond donors (Lipinski definition) is 1. The first-order chi connectivity index (χ1) is 7.26. The van der Waals surface area contributed by atoms with Crippen LogP contribution in [0.5, 0.6) is 0 Å². The van der Waals surface area contributed by atoms with Crippen molar-refractivity contribution >= 4 is 27.3 Å². The van der Waals surface area contributed by atoms with Crippen molar-refractivity contribution in [3.8, 4) is 0 Å². The number of carboxylic acids is 1. The minimum Gasteiger partial charge on any atom is -0.480 e. The maximum atomic E-state index is 12.7. The molecule has 0 spiro atoms. The number of nitrogens with zero attached hydrogens (tertiary/aromatic N) is 1. The Morgan fingerprint density at radius 3 is 2.50 bits per heavy atom. The van der Waals surface area contributed by atoms with Gasteiger partial charge in [-0.1, -0.05) is 11.3 Å². The normalized spacial score (nSPS) is 14.0. The van der Waals surface area contributed by atoms with Crippen molar-refractivity contribution in [2.75, 3.05) is 7.05 Å². The molecule has 0 aliphatic rings. The van der Waals surface area contributed by atoms with E-state index in [9.17, 15) is 17.6 Å². The Morgan fingerprint density at radius 1 is 1.56 bits per heavy atom. The molecule has 1 atom stereocenters. The van der Waals surface area contributed by atoms with Crippen LogP contribution in [0.25, 0.3) is 0 Å². The average molecular weight is 267 g/mol. The summed E-state index contributed by atoms with van der Waals surface area (Å²) in [6, 6.07) is 0.937. The molecule has 0 unspecified atom stereocenters. The summed E-state index contributed by atoms with van der Waals surface area (Å²) in [4.78, 5) is 10.6. The molecule has 5 nitrogen and oxygen atoms in total.